The van der Waals surface area contributed by atoms with Gasteiger partial charge in [-0.1, -0.05) is 54.6 Å². The van der Waals surface area contributed by atoms with Crippen molar-refractivity contribution in [1.82, 2.24) is 26.6 Å². The Balaban J connectivity index is 1.67. The van der Waals surface area contributed by atoms with Crippen LogP contribution in [0.5, 0.6) is 5.75 Å². The third kappa shape index (κ3) is 13.0. The molecule has 0 bridgehead atoms. The molecule has 4 atom stereocenters. The van der Waals surface area contributed by atoms with Crippen LogP contribution >= 0.6 is 0 Å². The monoisotopic (exact) mass is 743 g/mol. The van der Waals surface area contributed by atoms with E-state index in [9.17, 15) is 29.1 Å². The summed E-state index contributed by atoms with van der Waals surface area (Å²) < 4.78 is 0. The summed E-state index contributed by atoms with van der Waals surface area (Å²) in [6.45, 7) is -0.0469. The number of fused-ring (bicyclic) bond motifs is 1. The van der Waals surface area contributed by atoms with Gasteiger partial charge in [-0.25, -0.2) is 0 Å². The molecule has 54 heavy (non-hydrogen) atoms. The molecule has 3 aromatic rings. The number of guanidine groups is 2. The first-order valence-corrected chi connectivity index (χ1v) is 17.7. The highest BCUT2D eigenvalue weighted by atomic mass is 16.3. The number of unbranched alkanes of at least 4 members (excludes halogenated alkanes) is 1. The molecular weight excluding hydrogens is 694 g/mol. The SMILES string of the molecule is NC(N)=NCCCC[C@@H]1NC(=O)[C@H](CCCN=C(N)N)NC(=O)[C@@H](Cc2ccc(O)cc2)NC(=O)CNC(=O)[C@H](Cc2ccc3ccccc3c2)NC1=O. The highest BCUT2D eigenvalue weighted by molar-refractivity contribution is 5.97. The number of benzene rings is 3. The van der Waals surface area contributed by atoms with Gasteiger partial charge in [0, 0.05) is 25.9 Å². The number of hydrogen-bond acceptors (Lipinski definition) is 8. The molecular formula is C37H49N11O6. The van der Waals surface area contributed by atoms with Crippen molar-refractivity contribution in [3.8, 4) is 5.75 Å². The molecule has 0 aromatic heterocycles. The fourth-order valence-electron chi connectivity index (χ4n) is 5.95. The van der Waals surface area contributed by atoms with Gasteiger partial charge in [-0.2, -0.15) is 0 Å². The van der Waals surface area contributed by atoms with Crippen LogP contribution < -0.4 is 49.5 Å². The zero-order chi connectivity index (χ0) is 39.0. The molecule has 1 aliphatic heterocycles. The first-order chi connectivity index (χ1) is 25.9. The second-order valence-corrected chi connectivity index (χ2v) is 13.0. The molecule has 17 nitrogen and oxygen atoms in total. The van der Waals surface area contributed by atoms with Crippen molar-refractivity contribution < 1.29 is 29.1 Å². The Morgan fingerprint density at radius 1 is 0.593 bits per heavy atom. The average molecular weight is 744 g/mol. The molecule has 0 saturated carbocycles. The van der Waals surface area contributed by atoms with Crippen molar-refractivity contribution in [1.29, 1.82) is 0 Å². The Morgan fingerprint density at radius 2 is 1.11 bits per heavy atom. The van der Waals surface area contributed by atoms with E-state index < -0.39 is 60.2 Å². The number of phenols is 1. The van der Waals surface area contributed by atoms with Crippen molar-refractivity contribution in [2.75, 3.05) is 19.6 Å². The number of nitrogens with zero attached hydrogens (tertiary/aromatic N) is 2. The van der Waals surface area contributed by atoms with E-state index >= 15 is 0 Å². The van der Waals surface area contributed by atoms with Gasteiger partial charge in [-0.05, 0) is 66.1 Å². The molecule has 0 aliphatic carbocycles. The Kier molecular flexibility index (Phi) is 15.0. The summed E-state index contributed by atoms with van der Waals surface area (Å²) in [5.74, 6) is -3.51. The lowest BCUT2D eigenvalue weighted by Crippen LogP contribution is -2.58. The van der Waals surface area contributed by atoms with E-state index in [1.165, 1.54) is 12.1 Å². The number of aliphatic imine (C=N–C) groups is 2. The predicted octanol–water partition coefficient (Wildman–Crippen LogP) is -1.10. The minimum atomic E-state index is -1.18. The molecule has 3 aromatic carbocycles. The quantitative estimate of drug-likeness (QED) is 0.0573. The normalized spacial score (nSPS) is 19.9. The number of carbonyl (C=O) groups is 5. The van der Waals surface area contributed by atoms with Crippen LogP contribution in [0, 0.1) is 0 Å². The van der Waals surface area contributed by atoms with E-state index in [0.717, 1.165) is 16.3 Å². The van der Waals surface area contributed by atoms with Gasteiger partial charge in [0.25, 0.3) is 0 Å². The van der Waals surface area contributed by atoms with Gasteiger partial charge in [-0.15, -0.1) is 0 Å². The number of aromatic hydroxyl groups is 1. The molecule has 1 saturated heterocycles. The van der Waals surface area contributed by atoms with Crippen molar-refractivity contribution in [2.45, 2.75) is 69.1 Å². The molecule has 0 spiro atoms. The standard InChI is InChI=1S/C37H49N11O6/c38-36(39)42-16-4-3-8-27-34(53)48-29(20-23-10-13-24-6-1-2-7-25(24)18-23)32(51)44-21-31(50)45-30(19-22-11-14-26(49)15-12-22)35(54)47-28(33(52)46-27)9-5-17-43-37(40)41/h1-2,6-7,10-15,18,27-30,49H,3-5,8-9,16-17,19-21H2,(H,44,51)(H,45,50)(H,46,52)(H,47,54)(H,48,53)(H4,38,39,42)(H4,40,41,43)/t27-,28-,29-,30+/m0/s1. The maximum absolute atomic E-state index is 14.0. The molecule has 4 rings (SSSR count). The van der Waals surface area contributed by atoms with E-state index in [4.69, 9.17) is 22.9 Å². The first-order valence-electron chi connectivity index (χ1n) is 17.7. The summed E-state index contributed by atoms with van der Waals surface area (Å²) >= 11 is 0. The molecule has 1 fully saturated rings. The average Bonchev–Trinajstić information content (AvgIpc) is 3.14. The Bertz CT molecular complexity index is 1840. The Labute approximate surface area is 312 Å². The van der Waals surface area contributed by atoms with Gasteiger partial charge in [0.2, 0.25) is 29.5 Å². The number of rotatable bonds is 13. The van der Waals surface area contributed by atoms with Gasteiger partial charge in [0.05, 0.1) is 6.54 Å². The topological polar surface area (TPSA) is 295 Å². The Morgan fingerprint density at radius 3 is 1.76 bits per heavy atom. The summed E-state index contributed by atoms with van der Waals surface area (Å²) in [7, 11) is 0. The highest BCUT2D eigenvalue weighted by Crippen LogP contribution is 2.18. The summed E-state index contributed by atoms with van der Waals surface area (Å²) in [6, 6.07) is 14.8. The fraction of sp³-hybridized carbons (Fsp3) is 0.378. The van der Waals surface area contributed by atoms with Crippen molar-refractivity contribution in [2.24, 2.45) is 32.9 Å². The van der Waals surface area contributed by atoms with Gasteiger partial charge >= 0.3 is 0 Å². The van der Waals surface area contributed by atoms with E-state index in [1.807, 2.05) is 42.5 Å². The number of amides is 5. The van der Waals surface area contributed by atoms with Crippen LogP contribution in [0.15, 0.2) is 76.7 Å². The molecule has 0 radical (unpaired) electrons. The first kappa shape index (κ1) is 40.4. The van der Waals surface area contributed by atoms with Crippen molar-refractivity contribution in [3.05, 3.63) is 77.9 Å². The summed E-state index contributed by atoms with van der Waals surface area (Å²) in [4.78, 5) is 76.6. The number of phenolic OH excluding ortho intramolecular Hbond substituents is 1. The minimum Gasteiger partial charge on any atom is -0.508 e. The minimum absolute atomic E-state index is 0.00279. The number of nitrogens with one attached hydrogen (secondary N) is 5. The molecule has 1 heterocycles. The third-order valence-electron chi connectivity index (χ3n) is 8.74. The fourth-order valence-corrected chi connectivity index (χ4v) is 5.95. The lowest BCUT2D eigenvalue weighted by Gasteiger charge is -2.26. The van der Waals surface area contributed by atoms with Gasteiger partial charge in [0.15, 0.2) is 11.9 Å². The maximum atomic E-state index is 14.0. The smallest absolute Gasteiger partial charge is 0.243 e. The summed E-state index contributed by atoms with van der Waals surface area (Å²) in [5.41, 5.74) is 23.2. The lowest BCUT2D eigenvalue weighted by molar-refractivity contribution is -0.134. The highest BCUT2D eigenvalue weighted by Gasteiger charge is 2.32. The largest absolute Gasteiger partial charge is 0.508 e. The zero-order valence-electron chi connectivity index (χ0n) is 29.9. The van der Waals surface area contributed by atoms with Crippen molar-refractivity contribution in [3.63, 3.8) is 0 Å². The summed E-state index contributed by atoms with van der Waals surface area (Å²) in [6.07, 6.45) is 1.50. The van der Waals surface area contributed by atoms with Crippen LogP contribution in [-0.2, 0) is 36.8 Å². The van der Waals surface area contributed by atoms with Crippen molar-refractivity contribution >= 4 is 52.2 Å². The second-order valence-electron chi connectivity index (χ2n) is 13.0. The maximum Gasteiger partial charge on any atom is 0.243 e. The van der Waals surface area contributed by atoms with E-state index in [-0.39, 0.29) is 56.3 Å². The van der Waals surface area contributed by atoms with Gasteiger partial charge < -0.3 is 54.6 Å². The Hall–Kier alpha value is -6.39. The molecule has 0 unspecified atom stereocenters. The molecule has 288 valence electrons. The molecule has 14 N–H and O–H groups in total. The van der Waals surface area contributed by atoms with Gasteiger partial charge in [0.1, 0.15) is 29.9 Å². The summed E-state index contributed by atoms with van der Waals surface area (Å²) in [5, 5.41) is 25.2. The van der Waals surface area contributed by atoms with E-state index in [0.29, 0.717) is 24.9 Å². The van der Waals surface area contributed by atoms with Crippen LogP contribution in [-0.4, -0.2) is 90.4 Å². The van der Waals surface area contributed by atoms with Crippen LogP contribution in [0.3, 0.4) is 0 Å². The number of hydrogen-bond donors (Lipinski definition) is 10. The zero-order valence-corrected chi connectivity index (χ0v) is 29.9. The third-order valence-corrected chi connectivity index (χ3v) is 8.74. The van der Waals surface area contributed by atoms with Crippen LogP contribution in [0.4, 0.5) is 0 Å². The van der Waals surface area contributed by atoms with Crippen LogP contribution in [0.1, 0.15) is 43.2 Å². The van der Waals surface area contributed by atoms with E-state index in [1.54, 1.807) is 12.1 Å². The second kappa shape index (κ2) is 20.0. The molecule has 17 heteroatoms. The van der Waals surface area contributed by atoms with E-state index in [2.05, 4.69) is 36.6 Å². The van der Waals surface area contributed by atoms with Crippen LogP contribution in [0.25, 0.3) is 10.8 Å². The van der Waals surface area contributed by atoms with Crippen LogP contribution in [0.2, 0.25) is 0 Å². The number of carbonyl (C=O) groups excluding carboxylic acids is 5. The van der Waals surface area contributed by atoms with Gasteiger partial charge in [-0.3, -0.25) is 34.0 Å². The lowest BCUT2D eigenvalue weighted by atomic mass is 10.00. The molecule has 1 aliphatic rings. The number of nitrogens with two attached hydrogens (primary N) is 4. The predicted molar refractivity (Wildman–Crippen MR) is 205 cm³/mol. The molecule has 5 amide bonds.